The quantitative estimate of drug-likeness (QED) is 0.878. The van der Waals surface area contributed by atoms with E-state index in [1.165, 1.54) is 30.5 Å². The Morgan fingerprint density at radius 3 is 2.70 bits per heavy atom. The SMILES string of the molecule is O=C(Nc1ccccc1OC(F)F)c1cccnc1Cl. The van der Waals surface area contributed by atoms with E-state index in [1.807, 2.05) is 0 Å². The summed E-state index contributed by atoms with van der Waals surface area (Å²) >= 11 is 5.79. The molecule has 1 amide bonds. The van der Waals surface area contributed by atoms with E-state index in [0.29, 0.717) is 0 Å². The van der Waals surface area contributed by atoms with Crippen molar-refractivity contribution in [2.75, 3.05) is 5.32 Å². The number of nitrogens with zero attached hydrogens (tertiary/aromatic N) is 1. The molecule has 2 aromatic rings. The lowest BCUT2D eigenvalue weighted by Crippen LogP contribution is -2.14. The molecule has 0 fully saturated rings. The van der Waals surface area contributed by atoms with Gasteiger partial charge in [-0.2, -0.15) is 8.78 Å². The summed E-state index contributed by atoms with van der Waals surface area (Å²) in [6.45, 7) is -2.98. The van der Waals surface area contributed by atoms with Crippen LogP contribution in [0.3, 0.4) is 0 Å². The topological polar surface area (TPSA) is 51.2 Å². The van der Waals surface area contributed by atoms with Crippen LogP contribution in [-0.2, 0) is 0 Å². The van der Waals surface area contributed by atoms with E-state index in [0.717, 1.165) is 0 Å². The van der Waals surface area contributed by atoms with Crippen LogP contribution in [0.15, 0.2) is 42.6 Å². The Labute approximate surface area is 118 Å². The van der Waals surface area contributed by atoms with Crippen molar-refractivity contribution in [2.45, 2.75) is 6.61 Å². The van der Waals surface area contributed by atoms with Gasteiger partial charge in [0.05, 0.1) is 11.3 Å². The van der Waals surface area contributed by atoms with Crippen molar-refractivity contribution in [3.8, 4) is 5.75 Å². The number of carbonyl (C=O) groups is 1. The number of nitrogens with one attached hydrogen (secondary N) is 1. The van der Waals surface area contributed by atoms with Crippen molar-refractivity contribution in [2.24, 2.45) is 0 Å². The maximum atomic E-state index is 12.3. The number of rotatable bonds is 4. The minimum Gasteiger partial charge on any atom is -0.433 e. The molecule has 4 nitrogen and oxygen atoms in total. The Morgan fingerprint density at radius 1 is 1.25 bits per heavy atom. The summed E-state index contributed by atoms with van der Waals surface area (Å²) in [5.41, 5.74) is 0.263. The number of amides is 1. The predicted octanol–water partition coefficient (Wildman–Crippen LogP) is 3.59. The zero-order valence-corrected chi connectivity index (χ0v) is 10.8. The number of pyridine rings is 1. The number of hydrogen-bond acceptors (Lipinski definition) is 3. The van der Waals surface area contributed by atoms with Gasteiger partial charge in [-0.25, -0.2) is 4.98 Å². The van der Waals surface area contributed by atoms with E-state index in [-0.39, 0.29) is 22.2 Å². The molecular formula is C13H9ClF2N2O2. The summed E-state index contributed by atoms with van der Waals surface area (Å²) in [7, 11) is 0. The number of anilines is 1. The largest absolute Gasteiger partial charge is 0.433 e. The summed E-state index contributed by atoms with van der Waals surface area (Å²) in [5.74, 6) is -0.690. The number of alkyl halides is 2. The first kappa shape index (κ1) is 14.2. The van der Waals surface area contributed by atoms with E-state index >= 15 is 0 Å². The van der Waals surface area contributed by atoms with Crippen molar-refractivity contribution >= 4 is 23.2 Å². The summed E-state index contributed by atoms with van der Waals surface area (Å²) in [4.78, 5) is 15.8. The van der Waals surface area contributed by atoms with Crippen molar-refractivity contribution in [1.29, 1.82) is 0 Å². The van der Waals surface area contributed by atoms with Gasteiger partial charge in [-0.3, -0.25) is 4.79 Å². The molecule has 1 heterocycles. The molecule has 20 heavy (non-hydrogen) atoms. The van der Waals surface area contributed by atoms with Crippen molar-refractivity contribution in [3.63, 3.8) is 0 Å². The molecule has 1 N–H and O–H groups in total. The van der Waals surface area contributed by atoms with Crippen LogP contribution in [0.5, 0.6) is 5.75 Å². The fourth-order valence-corrected chi connectivity index (χ4v) is 1.72. The van der Waals surface area contributed by atoms with Crippen LogP contribution in [-0.4, -0.2) is 17.5 Å². The Balaban J connectivity index is 2.22. The van der Waals surface area contributed by atoms with Gasteiger partial charge in [0.25, 0.3) is 5.91 Å². The minimum absolute atomic E-state index is 0.0252. The molecule has 0 unspecified atom stereocenters. The Bertz CT molecular complexity index is 623. The van der Waals surface area contributed by atoms with Crippen LogP contribution in [0.4, 0.5) is 14.5 Å². The molecule has 0 aliphatic heterocycles. The molecular weight excluding hydrogens is 290 g/mol. The first-order valence-electron chi connectivity index (χ1n) is 5.53. The van der Waals surface area contributed by atoms with E-state index in [1.54, 1.807) is 12.1 Å². The maximum Gasteiger partial charge on any atom is 0.387 e. The molecule has 0 atom stereocenters. The van der Waals surface area contributed by atoms with Gasteiger partial charge in [0.1, 0.15) is 10.9 Å². The van der Waals surface area contributed by atoms with Gasteiger partial charge in [0.2, 0.25) is 0 Å². The standard InChI is InChI=1S/C13H9ClF2N2O2/c14-11-8(4-3-7-17-11)12(19)18-9-5-1-2-6-10(9)20-13(15)16/h1-7,13H,(H,18,19). The zero-order chi connectivity index (χ0) is 14.5. The Kier molecular flexibility index (Phi) is 4.47. The zero-order valence-electron chi connectivity index (χ0n) is 10.0. The third kappa shape index (κ3) is 3.42. The lowest BCUT2D eigenvalue weighted by atomic mass is 10.2. The molecule has 104 valence electrons. The average Bonchev–Trinajstić information content (AvgIpc) is 2.41. The second kappa shape index (κ2) is 6.29. The Hall–Kier alpha value is -2.21. The molecule has 0 spiro atoms. The van der Waals surface area contributed by atoms with Crippen LogP contribution in [0.25, 0.3) is 0 Å². The highest BCUT2D eigenvalue weighted by molar-refractivity contribution is 6.33. The minimum atomic E-state index is -2.98. The number of carbonyl (C=O) groups excluding carboxylic acids is 1. The molecule has 7 heteroatoms. The summed E-state index contributed by atoms with van der Waals surface area (Å²) in [5, 5.41) is 2.48. The monoisotopic (exact) mass is 298 g/mol. The number of benzene rings is 1. The van der Waals surface area contributed by atoms with Gasteiger partial charge in [-0.05, 0) is 24.3 Å². The molecule has 2 rings (SSSR count). The number of ether oxygens (including phenoxy) is 1. The first-order valence-corrected chi connectivity index (χ1v) is 5.91. The number of hydrogen-bond donors (Lipinski definition) is 1. The van der Waals surface area contributed by atoms with Crippen molar-refractivity contribution < 1.29 is 18.3 Å². The molecule has 0 aliphatic carbocycles. The molecule has 0 saturated carbocycles. The molecule has 0 radical (unpaired) electrons. The van der Waals surface area contributed by atoms with Gasteiger partial charge in [-0.15, -0.1) is 0 Å². The average molecular weight is 299 g/mol. The smallest absolute Gasteiger partial charge is 0.387 e. The van der Waals surface area contributed by atoms with E-state index in [2.05, 4.69) is 15.0 Å². The summed E-state index contributed by atoms with van der Waals surface area (Å²) in [6, 6.07) is 8.89. The highest BCUT2D eigenvalue weighted by atomic mass is 35.5. The van der Waals surface area contributed by atoms with Gasteiger partial charge in [0, 0.05) is 6.20 Å². The Morgan fingerprint density at radius 2 is 2.00 bits per heavy atom. The number of aromatic nitrogens is 1. The van der Waals surface area contributed by atoms with Crippen LogP contribution < -0.4 is 10.1 Å². The van der Waals surface area contributed by atoms with Crippen LogP contribution in [0.2, 0.25) is 5.15 Å². The molecule has 1 aromatic carbocycles. The maximum absolute atomic E-state index is 12.3. The van der Waals surface area contributed by atoms with Gasteiger partial charge in [0.15, 0.2) is 0 Å². The van der Waals surface area contributed by atoms with E-state index in [4.69, 9.17) is 11.6 Å². The highest BCUT2D eigenvalue weighted by Crippen LogP contribution is 2.26. The van der Waals surface area contributed by atoms with Gasteiger partial charge >= 0.3 is 6.61 Å². The molecule has 0 aliphatic rings. The lowest BCUT2D eigenvalue weighted by Gasteiger charge is -2.11. The third-order valence-electron chi connectivity index (χ3n) is 2.36. The third-order valence-corrected chi connectivity index (χ3v) is 2.66. The summed E-state index contributed by atoms with van der Waals surface area (Å²) in [6.07, 6.45) is 1.44. The fraction of sp³-hybridized carbons (Fsp3) is 0.0769. The molecule has 0 saturated heterocycles. The van der Waals surface area contributed by atoms with Crippen LogP contribution in [0, 0.1) is 0 Å². The predicted molar refractivity (Wildman–Crippen MR) is 70.3 cm³/mol. The normalized spacial score (nSPS) is 10.4. The van der Waals surface area contributed by atoms with Crippen LogP contribution >= 0.6 is 11.6 Å². The highest BCUT2D eigenvalue weighted by Gasteiger charge is 2.14. The van der Waals surface area contributed by atoms with E-state index in [9.17, 15) is 13.6 Å². The second-order valence-electron chi connectivity index (χ2n) is 3.67. The summed E-state index contributed by atoms with van der Waals surface area (Å²) < 4.78 is 28.8. The van der Waals surface area contributed by atoms with Crippen LogP contribution in [0.1, 0.15) is 10.4 Å². The second-order valence-corrected chi connectivity index (χ2v) is 4.03. The van der Waals surface area contributed by atoms with Gasteiger partial charge < -0.3 is 10.1 Å². The van der Waals surface area contributed by atoms with E-state index < -0.39 is 12.5 Å². The van der Waals surface area contributed by atoms with Crippen molar-refractivity contribution in [3.05, 3.63) is 53.3 Å². The van der Waals surface area contributed by atoms with Gasteiger partial charge in [-0.1, -0.05) is 23.7 Å². The number of halogens is 3. The van der Waals surface area contributed by atoms with Crippen molar-refractivity contribution in [1.82, 2.24) is 4.98 Å². The lowest BCUT2D eigenvalue weighted by molar-refractivity contribution is -0.0493. The number of para-hydroxylation sites is 2. The first-order chi connectivity index (χ1) is 9.58. The molecule has 0 bridgehead atoms. The fourth-order valence-electron chi connectivity index (χ4n) is 1.51. The molecule has 1 aromatic heterocycles.